The van der Waals surface area contributed by atoms with Crippen molar-refractivity contribution in [1.82, 2.24) is 0 Å². The Kier molecular flexibility index (Phi) is 42.0. The van der Waals surface area contributed by atoms with Crippen LogP contribution < -0.4 is 5.11 Å². The van der Waals surface area contributed by atoms with Crippen molar-refractivity contribution in [2.45, 2.75) is 142 Å². The maximum absolute atomic E-state index is 12.8. The second kappa shape index (κ2) is 45.5. The highest BCUT2D eigenvalue weighted by atomic mass is 16.6. The van der Waals surface area contributed by atoms with Crippen LogP contribution in [0.5, 0.6) is 0 Å². The number of unbranched alkanes of at least 4 members (excludes halogenated alkanes) is 6. The third-order valence-corrected chi connectivity index (χ3v) is 9.60. The molecule has 0 heterocycles. The number of carboxylic acid groups (broad SMARTS) is 1. The predicted molar refractivity (Wildman–Crippen MR) is 272 cm³/mol. The van der Waals surface area contributed by atoms with Crippen LogP contribution in [0.3, 0.4) is 0 Å². The number of rotatable bonds is 40. The second-order valence-electron chi connectivity index (χ2n) is 16.4. The van der Waals surface area contributed by atoms with Crippen molar-refractivity contribution in [3.63, 3.8) is 0 Å². The van der Waals surface area contributed by atoms with E-state index in [4.69, 9.17) is 14.2 Å². The number of aliphatic carboxylic acids is 1. The van der Waals surface area contributed by atoms with Crippen LogP contribution in [0, 0.1) is 0 Å². The fourth-order valence-electron chi connectivity index (χ4n) is 5.94. The van der Waals surface area contributed by atoms with Crippen molar-refractivity contribution in [2.24, 2.45) is 0 Å². The first-order valence-corrected chi connectivity index (χ1v) is 24.1. The van der Waals surface area contributed by atoms with E-state index >= 15 is 0 Å². The largest absolute Gasteiger partial charge is 0.544 e. The fourth-order valence-corrected chi connectivity index (χ4v) is 5.94. The van der Waals surface area contributed by atoms with Gasteiger partial charge in [-0.25, -0.2) is 0 Å². The van der Waals surface area contributed by atoms with Gasteiger partial charge >= 0.3 is 11.9 Å². The molecule has 0 aromatic carbocycles. The van der Waals surface area contributed by atoms with Gasteiger partial charge in [0.1, 0.15) is 12.6 Å². The van der Waals surface area contributed by atoms with Gasteiger partial charge in [-0.1, -0.05) is 185 Å². The number of hydrogen-bond acceptors (Lipinski definition) is 7. The Labute approximate surface area is 395 Å². The highest BCUT2D eigenvalue weighted by molar-refractivity contribution is 5.70. The molecule has 2 unspecified atom stereocenters. The molecule has 8 nitrogen and oxygen atoms in total. The van der Waals surface area contributed by atoms with E-state index in [0.717, 1.165) is 83.5 Å². The summed E-state index contributed by atoms with van der Waals surface area (Å²) in [7, 11) is 5.36. The number of ether oxygens (including phenoxy) is 3. The lowest BCUT2D eigenvalue weighted by Crippen LogP contribution is -2.55. The topological polar surface area (TPSA) is 102 Å². The number of carboxylic acids is 1. The van der Waals surface area contributed by atoms with E-state index < -0.39 is 18.1 Å². The Morgan fingerprint density at radius 1 is 0.477 bits per heavy atom. The molecule has 0 spiro atoms. The summed E-state index contributed by atoms with van der Waals surface area (Å²) in [6, 6.07) is -0.752. The summed E-state index contributed by atoms with van der Waals surface area (Å²) in [4.78, 5) is 37.0. The maximum atomic E-state index is 12.8. The number of hydrogen-bond donors (Lipinski definition) is 0. The molecule has 0 saturated heterocycles. The van der Waals surface area contributed by atoms with Crippen molar-refractivity contribution in [3.05, 3.63) is 158 Å². The van der Waals surface area contributed by atoms with Gasteiger partial charge in [0.25, 0.3) is 0 Å². The third-order valence-electron chi connectivity index (χ3n) is 9.60. The van der Waals surface area contributed by atoms with Crippen LogP contribution in [0.1, 0.15) is 129 Å². The summed E-state index contributed by atoms with van der Waals surface area (Å²) in [5, 5.41) is 11.7. The molecule has 0 amide bonds. The Hall–Kier alpha value is -5.05. The number of quaternary nitrogens is 1. The first kappa shape index (κ1) is 60.0. The van der Waals surface area contributed by atoms with E-state index in [0.29, 0.717) is 12.8 Å². The molecule has 0 aromatic rings. The minimum absolute atomic E-state index is 0.00151. The summed E-state index contributed by atoms with van der Waals surface area (Å²) in [5.74, 6) is -1.87. The predicted octanol–water partition coefficient (Wildman–Crippen LogP) is 12.6. The highest BCUT2D eigenvalue weighted by Gasteiger charge is 2.25. The number of carbonyl (C=O) groups excluding carboxylic acids is 3. The molecular weight excluding hydrogens is 811 g/mol. The number of nitrogens with zero attached hydrogens (tertiary/aromatic N) is 1. The van der Waals surface area contributed by atoms with Gasteiger partial charge < -0.3 is 28.6 Å². The van der Waals surface area contributed by atoms with Crippen LogP contribution in [0.25, 0.3) is 0 Å². The standard InChI is InChI=1S/C57H85NO7/c1-6-8-10-12-14-16-18-20-22-24-26-27-28-30-32-34-36-38-40-42-44-46-48-56(60)65-53(51-63-50-49-54(57(61)62)58(3,4)5)52-64-55(59)47-45-43-41-39-37-35-33-31-29-25-23-21-19-17-15-13-11-9-7-2/h8-11,13-17,19-23,25-27,29-33,35-38,53-54H,6-7,12,18,24,28,34,39-52H2,1-5H3/b10-8+,11-9+,15-13+,16-14+,19-17+,22-20+,23-21+,27-26+,29-25+,32-30+,33-31+,37-35+,38-36+. The normalized spacial score (nSPS) is 14.3. The van der Waals surface area contributed by atoms with Crippen molar-refractivity contribution < 1.29 is 38.2 Å². The summed E-state index contributed by atoms with van der Waals surface area (Å²) >= 11 is 0. The minimum Gasteiger partial charge on any atom is -0.544 e. The van der Waals surface area contributed by atoms with Crippen LogP contribution >= 0.6 is 0 Å². The van der Waals surface area contributed by atoms with Gasteiger partial charge in [0.05, 0.1) is 40.3 Å². The molecule has 0 bridgehead atoms. The smallest absolute Gasteiger partial charge is 0.306 e. The number of likely N-dealkylation sites (N-methyl/N-ethyl adjacent to an activating group) is 1. The van der Waals surface area contributed by atoms with E-state index in [-0.39, 0.29) is 55.5 Å². The van der Waals surface area contributed by atoms with Crippen molar-refractivity contribution in [3.8, 4) is 0 Å². The Bertz CT molecular complexity index is 1610. The van der Waals surface area contributed by atoms with Gasteiger partial charge in [0.2, 0.25) is 0 Å². The second-order valence-corrected chi connectivity index (χ2v) is 16.4. The van der Waals surface area contributed by atoms with Crippen LogP contribution in [0.15, 0.2) is 158 Å². The molecule has 0 aliphatic carbocycles. The zero-order valence-corrected chi connectivity index (χ0v) is 40.8. The lowest BCUT2D eigenvalue weighted by Gasteiger charge is -2.34. The zero-order valence-electron chi connectivity index (χ0n) is 40.8. The molecule has 0 fully saturated rings. The van der Waals surface area contributed by atoms with E-state index in [2.05, 4.69) is 98.9 Å². The molecule has 360 valence electrons. The van der Waals surface area contributed by atoms with Crippen LogP contribution in [-0.2, 0) is 28.6 Å². The SMILES string of the molecule is CC/C=C/C=C/C=C/C=C/C=C/C=C/C=C/CCCCCC(=O)OCC(COCCC(C(=O)[O-])[N+](C)(C)C)OC(=O)CCCCC/C=C/C/C=C/C/C=C/C/C=C/C/C=C/C/C=C/CC. The number of allylic oxidation sites excluding steroid dienone is 26. The van der Waals surface area contributed by atoms with Crippen molar-refractivity contribution >= 4 is 17.9 Å². The van der Waals surface area contributed by atoms with E-state index in [9.17, 15) is 19.5 Å². The molecule has 8 heteroatoms. The molecular formula is C57H85NO7. The summed E-state index contributed by atoms with van der Waals surface area (Å²) in [5.41, 5.74) is 0. The molecule has 0 radical (unpaired) electrons. The van der Waals surface area contributed by atoms with E-state index in [1.54, 1.807) is 21.1 Å². The highest BCUT2D eigenvalue weighted by Crippen LogP contribution is 2.11. The molecule has 0 aliphatic heterocycles. The lowest BCUT2D eigenvalue weighted by atomic mass is 10.1. The molecule has 2 atom stereocenters. The summed E-state index contributed by atoms with van der Waals surface area (Å²) < 4.78 is 17.1. The van der Waals surface area contributed by atoms with Crippen molar-refractivity contribution in [2.75, 3.05) is 41.0 Å². The van der Waals surface area contributed by atoms with Gasteiger partial charge in [-0.2, -0.15) is 0 Å². The van der Waals surface area contributed by atoms with Gasteiger partial charge in [0, 0.05) is 19.3 Å². The van der Waals surface area contributed by atoms with Crippen LogP contribution in [0.4, 0.5) is 0 Å². The average Bonchev–Trinajstić information content (AvgIpc) is 3.27. The molecule has 0 rings (SSSR count). The van der Waals surface area contributed by atoms with Crippen LogP contribution in [-0.4, -0.2) is 75.5 Å². The van der Waals surface area contributed by atoms with E-state index in [1.807, 2.05) is 72.9 Å². The fraction of sp³-hybridized carbons (Fsp3) is 0.491. The maximum Gasteiger partial charge on any atom is 0.306 e. The van der Waals surface area contributed by atoms with Gasteiger partial charge in [-0.15, -0.1) is 0 Å². The first-order valence-electron chi connectivity index (χ1n) is 24.1. The Morgan fingerprint density at radius 2 is 0.892 bits per heavy atom. The van der Waals surface area contributed by atoms with Gasteiger partial charge in [-0.05, 0) is 83.5 Å². The quantitative estimate of drug-likeness (QED) is 0.0198. The van der Waals surface area contributed by atoms with Gasteiger partial charge in [-0.3, -0.25) is 9.59 Å². The minimum atomic E-state index is -1.15. The Balaban J connectivity index is 4.51. The Morgan fingerprint density at radius 3 is 1.35 bits per heavy atom. The van der Waals surface area contributed by atoms with Gasteiger partial charge in [0.15, 0.2) is 6.10 Å². The van der Waals surface area contributed by atoms with Crippen molar-refractivity contribution in [1.29, 1.82) is 0 Å². The lowest BCUT2D eigenvalue weighted by molar-refractivity contribution is -0.889. The first-order chi connectivity index (χ1) is 31.6. The summed E-state index contributed by atoms with van der Waals surface area (Å²) in [6.45, 7) is 4.28. The molecule has 0 saturated carbocycles. The van der Waals surface area contributed by atoms with E-state index in [1.165, 1.54) is 0 Å². The third kappa shape index (κ3) is 44.0. The molecule has 65 heavy (non-hydrogen) atoms. The molecule has 0 N–H and O–H groups in total. The number of carbonyl (C=O) groups is 3. The van der Waals surface area contributed by atoms with Crippen LogP contribution in [0.2, 0.25) is 0 Å². The molecule has 0 aliphatic rings. The number of esters is 2. The monoisotopic (exact) mass is 896 g/mol. The zero-order chi connectivity index (χ0) is 47.7. The average molecular weight is 896 g/mol. The molecule has 0 aromatic heterocycles. The summed E-state index contributed by atoms with van der Waals surface area (Å²) in [6.07, 6.45) is 68.4.